The molecule has 0 fully saturated rings. The van der Waals surface area contributed by atoms with Crippen molar-refractivity contribution in [2.24, 2.45) is 5.73 Å². The fourth-order valence-corrected chi connectivity index (χ4v) is 3.40. The molecular weight excluding hydrogens is 256 g/mol. The van der Waals surface area contributed by atoms with Gasteiger partial charge in [0.15, 0.2) is 0 Å². The van der Waals surface area contributed by atoms with Gasteiger partial charge in [-0.15, -0.1) is 11.3 Å². The van der Waals surface area contributed by atoms with Gasteiger partial charge in [-0.25, -0.2) is 0 Å². The molecule has 0 aromatic carbocycles. The molecule has 1 heterocycles. The van der Waals surface area contributed by atoms with Gasteiger partial charge in [0.05, 0.1) is 15.0 Å². The fraction of sp³-hybridized carbons (Fsp3) is 0.545. The number of hydrogen-bond donors (Lipinski definition) is 1. The van der Waals surface area contributed by atoms with E-state index in [2.05, 4.69) is 0 Å². The fourth-order valence-electron chi connectivity index (χ4n) is 1.32. The molecule has 1 unspecified atom stereocenters. The van der Waals surface area contributed by atoms with E-state index in [1.807, 2.05) is 17.5 Å². The minimum atomic E-state index is -1.05. The van der Waals surface area contributed by atoms with Gasteiger partial charge in [-0.3, -0.25) is 9.00 Å². The van der Waals surface area contributed by atoms with E-state index in [1.54, 1.807) is 11.9 Å². The van der Waals surface area contributed by atoms with Crippen LogP contribution in [0.15, 0.2) is 21.7 Å². The van der Waals surface area contributed by atoms with Crippen molar-refractivity contribution in [3.8, 4) is 0 Å². The molecule has 0 saturated heterocycles. The van der Waals surface area contributed by atoms with Crippen molar-refractivity contribution >= 4 is 28.0 Å². The highest BCUT2D eigenvalue weighted by Crippen LogP contribution is 2.14. The lowest BCUT2D eigenvalue weighted by molar-refractivity contribution is -0.129. The standard InChI is InChI=1S/C11H18N2O2S2/c1-13(7-3-6-12)10(14)5-9-17(15)11-4-2-8-16-11/h2,4,8H,3,5-7,9,12H2,1H3. The molecule has 0 saturated carbocycles. The van der Waals surface area contributed by atoms with E-state index >= 15 is 0 Å². The van der Waals surface area contributed by atoms with Gasteiger partial charge in [0.1, 0.15) is 0 Å². The molecular formula is C11H18N2O2S2. The van der Waals surface area contributed by atoms with Crippen molar-refractivity contribution in [2.45, 2.75) is 17.1 Å². The van der Waals surface area contributed by atoms with Crippen molar-refractivity contribution in [2.75, 3.05) is 25.9 Å². The lowest BCUT2D eigenvalue weighted by Crippen LogP contribution is -2.29. The number of amides is 1. The third kappa shape index (κ3) is 4.97. The third-order valence-electron chi connectivity index (χ3n) is 2.34. The molecule has 96 valence electrons. The normalized spacial score (nSPS) is 12.4. The summed E-state index contributed by atoms with van der Waals surface area (Å²) in [6, 6.07) is 3.70. The molecule has 0 aliphatic rings. The number of thiophene rings is 1. The summed E-state index contributed by atoms with van der Waals surface area (Å²) in [6.07, 6.45) is 1.13. The topological polar surface area (TPSA) is 63.4 Å². The number of nitrogens with zero attached hydrogens (tertiary/aromatic N) is 1. The van der Waals surface area contributed by atoms with Crippen LogP contribution in [0.1, 0.15) is 12.8 Å². The van der Waals surface area contributed by atoms with Gasteiger partial charge in [-0.05, 0) is 24.4 Å². The summed E-state index contributed by atoms with van der Waals surface area (Å²) in [6.45, 7) is 1.25. The summed E-state index contributed by atoms with van der Waals surface area (Å²) in [4.78, 5) is 13.3. The Hall–Kier alpha value is -0.720. The second kappa shape index (κ2) is 7.58. The Morgan fingerprint density at radius 1 is 1.59 bits per heavy atom. The molecule has 0 bridgehead atoms. The quantitative estimate of drug-likeness (QED) is 0.808. The maximum Gasteiger partial charge on any atom is 0.223 e. The largest absolute Gasteiger partial charge is 0.346 e. The van der Waals surface area contributed by atoms with E-state index in [0.29, 0.717) is 25.3 Å². The molecule has 2 N–H and O–H groups in total. The summed E-state index contributed by atoms with van der Waals surface area (Å²) < 4.78 is 12.6. The van der Waals surface area contributed by atoms with E-state index in [4.69, 9.17) is 5.73 Å². The zero-order valence-electron chi connectivity index (χ0n) is 9.93. The highest BCUT2D eigenvalue weighted by molar-refractivity contribution is 7.87. The third-order valence-corrected chi connectivity index (χ3v) is 5.01. The molecule has 0 radical (unpaired) electrons. The van der Waals surface area contributed by atoms with Crippen LogP contribution in [-0.4, -0.2) is 40.9 Å². The molecule has 1 atom stereocenters. The maximum absolute atomic E-state index is 11.8. The van der Waals surface area contributed by atoms with Crippen molar-refractivity contribution in [1.82, 2.24) is 4.90 Å². The predicted molar refractivity (Wildman–Crippen MR) is 71.5 cm³/mol. The smallest absolute Gasteiger partial charge is 0.223 e. The van der Waals surface area contributed by atoms with Gasteiger partial charge in [-0.1, -0.05) is 6.07 Å². The predicted octanol–water partition coefficient (Wildman–Crippen LogP) is 1.05. The Morgan fingerprint density at radius 3 is 2.94 bits per heavy atom. The van der Waals surface area contributed by atoms with E-state index < -0.39 is 10.8 Å². The van der Waals surface area contributed by atoms with Crippen molar-refractivity contribution in [3.05, 3.63) is 17.5 Å². The molecule has 1 rings (SSSR count). The van der Waals surface area contributed by atoms with Gasteiger partial charge in [0.2, 0.25) is 5.91 Å². The minimum Gasteiger partial charge on any atom is -0.346 e. The monoisotopic (exact) mass is 274 g/mol. The second-order valence-electron chi connectivity index (χ2n) is 3.69. The molecule has 6 heteroatoms. The first-order chi connectivity index (χ1) is 8.15. The first-order valence-electron chi connectivity index (χ1n) is 5.51. The molecule has 0 aliphatic carbocycles. The Bertz CT molecular complexity index is 366. The van der Waals surface area contributed by atoms with Gasteiger partial charge in [0, 0.05) is 25.8 Å². The average molecular weight is 274 g/mol. The summed E-state index contributed by atoms with van der Waals surface area (Å²) in [5, 5.41) is 1.89. The van der Waals surface area contributed by atoms with Crippen LogP contribution in [-0.2, 0) is 15.6 Å². The SMILES string of the molecule is CN(CCCN)C(=O)CCS(=O)c1cccs1. The molecule has 1 aromatic rings. The number of carbonyl (C=O) groups excluding carboxylic acids is 1. The van der Waals surface area contributed by atoms with Crippen LogP contribution in [0, 0.1) is 0 Å². The molecule has 17 heavy (non-hydrogen) atoms. The van der Waals surface area contributed by atoms with E-state index in [-0.39, 0.29) is 5.91 Å². The highest BCUT2D eigenvalue weighted by atomic mass is 32.2. The van der Waals surface area contributed by atoms with Crippen molar-refractivity contribution in [1.29, 1.82) is 0 Å². The van der Waals surface area contributed by atoms with Crippen LogP contribution >= 0.6 is 11.3 Å². The lowest BCUT2D eigenvalue weighted by Gasteiger charge is -2.16. The van der Waals surface area contributed by atoms with E-state index in [0.717, 1.165) is 10.6 Å². The van der Waals surface area contributed by atoms with Gasteiger partial charge < -0.3 is 10.6 Å². The van der Waals surface area contributed by atoms with Crippen LogP contribution in [0.25, 0.3) is 0 Å². The lowest BCUT2D eigenvalue weighted by atomic mass is 10.3. The van der Waals surface area contributed by atoms with Gasteiger partial charge in [0.25, 0.3) is 0 Å². The number of nitrogens with two attached hydrogens (primary N) is 1. The highest BCUT2D eigenvalue weighted by Gasteiger charge is 2.11. The second-order valence-corrected chi connectivity index (χ2v) is 6.43. The maximum atomic E-state index is 11.8. The Kier molecular flexibility index (Phi) is 6.39. The summed E-state index contributed by atoms with van der Waals surface area (Å²) in [7, 11) is 0.707. The Balaban J connectivity index is 2.30. The summed E-state index contributed by atoms with van der Waals surface area (Å²) >= 11 is 1.46. The van der Waals surface area contributed by atoms with E-state index in [9.17, 15) is 9.00 Å². The number of hydrogen-bond acceptors (Lipinski definition) is 4. The van der Waals surface area contributed by atoms with Gasteiger partial charge in [-0.2, -0.15) is 0 Å². The van der Waals surface area contributed by atoms with Crippen molar-refractivity contribution in [3.63, 3.8) is 0 Å². The average Bonchev–Trinajstić information content (AvgIpc) is 2.86. The zero-order valence-corrected chi connectivity index (χ0v) is 11.6. The van der Waals surface area contributed by atoms with Crippen LogP contribution < -0.4 is 5.73 Å². The first-order valence-corrected chi connectivity index (χ1v) is 7.71. The van der Waals surface area contributed by atoms with Crippen LogP contribution in [0.4, 0.5) is 0 Å². The molecule has 1 amide bonds. The van der Waals surface area contributed by atoms with Crippen molar-refractivity contribution < 1.29 is 9.00 Å². The van der Waals surface area contributed by atoms with Crippen LogP contribution in [0.3, 0.4) is 0 Å². The van der Waals surface area contributed by atoms with Crippen LogP contribution in [0.5, 0.6) is 0 Å². The summed E-state index contributed by atoms with van der Waals surface area (Å²) in [5.41, 5.74) is 5.38. The minimum absolute atomic E-state index is 0.0309. The number of rotatable bonds is 7. The first kappa shape index (κ1) is 14.3. The van der Waals surface area contributed by atoms with Gasteiger partial charge >= 0.3 is 0 Å². The molecule has 0 aliphatic heterocycles. The molecule has 0 spiro atoms. The Morgan fingerprint density at radius 2 is 2.35 bits per heavy atom. The molecule has 1 aromatic heterocycles. The molecule has 4 nitrogen and oxygen atoms in total. The zero-order chi connectivity index (χ0) is 12.7. The van der Waals surface area contributed by atoms with Crippen LogP contribution in [0.2, 0.25) is 0 Å². The van der Waals surface area contributed by atoms with E-state index in [1.165, 1.54) is 11.3 Å². The summed E-state index contributed by atoms with van der Waals surface area (Å²) in [5.74, 6) is 0.426. The number of carbonyl (C=O) groups is 1. The Labute approximate surface area is 108 Å².